The van der Waals surface area contributed by atoms with E-state index in [-0.39, 0.29) is 23.3 Å². The van der Waals surface area contributed by atoms with Gasteiger partial charge >= 0.3 is 6.61 Å². The highest BCUT2D eigenvalue weighted by Crippen LogP contribution is 2.29. The van der Waals surface area contributed by atoms with Crippen LogP contribution in [-0.4, -0.2) is 34.8 Å². The SMILES string of the molecule is COc1cc(/C=C/C(=O)Nc2n[nH]c(-c3ccc(F)cc3)n2)ccc1OC(F)F. The molecule has 10 heteroatoms. The van der Waals surface area contributed by atoms with Gasteiger partial charge in [0.25, 0.3) is 5.91 Å². The number of hydrogen-bond acceptors (Lipinski definition) is 5. The van der Waals surface area contributed by atoms with E-state index >= 15 is 0 Å². The molecule has 1 aromatic heterocycles. The molecular weight excluding hydrogens is 389 g/mol. The smallest absolute Gasteiger partial charge is 0.387 e. The third-order valence-corrected chi connectivity index (χ3v) is 3.67. The van der Waals surface area contributed by atoms with Crippen molar-refractivity contribution in [2.75, 3.05) is 12.4 Å². The van der Waals surface area contributed by atoms with Crippen molar-refractivity contribution in [2.24, 2.45) is 0 Å². The Morgan fingerprint density at radius 2 is 1.93 bits per heavy atom. The second-order valence-electron chi connectivity index (χ2n) is 5.63. The maximum absolute atomic E-state index is 13.0. The Kier molecular flexibility index (Phi) is 6.12. The van der Waals surface area contributed by atoms with Gasteiger partial charge in [0.1, 0.15) is 5.82 Å². The Morgan fingerprint density at radius 1 is 1.17 bits per heavy atom. The standard InChI is InChI=1S/C19H15F3N4O3/c1-28-15-10-11(2-8-14(15)29-18(21)22)3-9-16(27)23-19-24-17(25-26-19)12-4-6-13(20)7-5-12/h2-10,18H,1H3,(H2,23,24,25,26,27)/b9-3+. The van der Waals surface area contributed by atoms with E-state index in [2.05, 4.69) is 25.2 Å². The molecule has 0 bridgehead atoms. The van der Waals surface area contributed by atoms with Gasteiger partial charge in [-0.3, -0.25) is 15.2 Å². The first-order valence-corrected chi connectivity index (χ1v) is 8.25. The first-order valence-electron chi connectivity index (χ1n) is 8.25. The lowest BCUT2D eigenvalue weighted by Crippen LogP contribution is -2.09. The highest BCUT2D eigenvalue weighted by atomic mass is 19.3. The van der Waals surface area contributed by atoms with Crippen molar-refractivity contribution in [3.8, 4) is 22.9 Å². The number of benzene rings is 2. The number of amides is 1. The molecule has 3 aromatic rings. The van der Waals surface area contributed by atoms with Gasteiger partial charge in [0, 0.05) is 11.6 Å². The van der Waals surface area contributed by atoms with Crippen LogP contribution in [0.15, 0.2) is 48.5 Å². The summed E-state index contributed by atoms with van der Waals surface area (Å²) in [5.41, 5.74) is 1.13. The predicted octanol–water partition coefficient (Wildman–Crippen LogP) is 3.87. The summed E-state index contributed by atoms with van der Waals surface area (Å²) in [6.45, 7) is -2.97. The van der Waals surface area contributed by atoms with Gasteiger partial charge in [0.15, 0.2) is 17.3 Å². The number of carbonyl (C=O) groups excluding carboxylic acids is 1. The number of rotatable bonds is 7. The minimum absolute atomic E-state index is 0.0391. The van der Waals surface area contributed by atoms with Gasteiger partial charge in [-0.1, -0.05) is 6.07 Å². The third-order valence-electron chi connectivity index (χ3n) is 3.67. The Morgan fingerprint density at radius 3 is 2.62 bits per heavy atom. The molecule has 0 aliphatic carbocycles. The molecule has 0 aliphatic rings. The van der Waals surface area contributed by atoms with Crippen LogP contribution in [0, 0.1) is 5.82 Å². The van der Waals surface area contributed by atoms with Crippen molar-refractivity contribution in [3.05, 3.63) is 59.9 Å². The van der Waals surface area contributed by atoms with E-state index in [1.807, 2.05) is 0 Å². The van der Waals surface area contributed by atoms with E-state index in [1.54, 1.807) is 0 Å². The maximum Gasteiger partial charge on any atom is 0.387 e. The molecule has 7 nitrogen and oxygen atoms in total. The maximum atomic E-state index is 13.0. The van der Waals surface area contributed by atoms with Crippen LogP contribution in [0.1, 0.15) is 5.56 Å². The topological polar surface area (TPSA) is 89.1 Å². The minimum atomic E-state index is -2.97. The first kappa shape index (κ1) is 19.9. The Balaban J connectivity index is 1.65. The van der Waals surface area contributed by atoms with Gasteiger partial charge in [-0.2, -0.15) is 13.8 Å². The van der Waals surface area contributed by atoms with Crippen LogP contribution in [0.3, 0.4) is 0 Å². The monoisotopic (exact) mass is 404 g/mol. The quantitative estimate of drug-likeness (QED) is 0.584. The molecule has 2 aromatic carbocycles. The molecule has 0 aliphatic heterocycles. The molecule has 3 rings (SSSR count). The Hall–Kier alpha value is -3.82. The number of aromatic amines is 1. The molecule has 0 unspecified atom stereocenters. The number of aromatic nitrogens is 3. The second kappa shape index (κ2) is 8.91. The van der Waals surface area contributed by atoms with Crippen LogP contribution in [0.4, 0.5) is 19.1 Å². The molecule has 0 spiro atoms. The number of nitrogens with zero attached hydrogens (tertiary/aromatic N) is 2. The van der Waals surface area contributed by atoms with Crippen molar-refractivity contribution in [2.45, 2.75) is 6.61 Å². The lowest BCUT2D eigenvalue weighted by atomic mass is 10.2. The lowest BCUT2D eigenvalue weighted by molar-refractivity contribution is -0.111. The van der Waals surface area contributed by atoms with Crippen LogP contribution < -0.4 is 14.8 Å². The first-order chi connectivity index (χ1) is 13.9. The average molecular weight is 404 g/mol. The number of alkyl halides is 2. The zero-order chi connectivity index (χ0) is 20.8. The summed E-state index contributed by atoms with van der Waals surface area (Å²) < 4.78 is 47.0. The third kappa shape index (κ3) is 5.34. The van der Waals surface area contributed by atoms with Crippen LogP contribution in [0.25, 0.3) is 17.5 Å². The van der Waals surface area contributed by atoms with Crippen molar-refractivity contribution >= 4 is 17.9 Å². The van der Waals surface area contributed by atoms with E-state index in [4.69, 9.17) is 4.74 Å². The summed E-state index contributed by atoms with van der Waals surface area (Å²) in [6, 6.07) is 9.86. The summed E-state index contributed by atoms with van der Waals surface area (Å²) in [6.07, 6.45) is 2.67. The van der Waals surface area contributed by atoms with Gasteiger partial charge in [-0.05, 0) is 48.0 Å². The number of hydrogen-bond donors (Lipinski definition) is 2. The van der Waals surface area contributed by atoms with E-state index in [0.717, 1.165) is 0 Å². The minimum Gasteiger partial charge on any atom is -0.493 e. The number of H-pyrrole nitrogens is 1. The van der Waals surface area contributed by atoms with Crippen molar-refractivity contribution in [3.63, 3.8) is 0 Å². The van der Waals surface area contributed by atoms with Gasteiger partial charge in [0.2, 0.25) is 5.95 Å². The molecule has 0 saturated heterocycles. The molecule has 0 fully saturated rings. The highest BCUT2D eigenvalue weighted by molar-refractivity contribution is 6.01. The fourth-order valence-corrected chi connectivity index (χ4v) is 2.36. The predicted molar refractivity (Wildman–Crippen MR) is 99.1 cm³/mol. The number of nitrogens with one attached hydrogen (secondary N) is 2. The molecule has 0 radical (unpaired) electrons. The molecule has 1 heterocycles. The van der Waals surface area contributed by atoms with Crippen molar-refractivity contribution < 1.29 is 27.4 Å². The summed E-state index contributed by atoms with van der Waals surface area (Å²) in [5.74, 6) is -0.497. The van der Waals surface area contributed by atoms with Crippen LogP contribution >= 0.6 is 0 Å². The summed E-state index contributed by atoms with van der Waals surface area (Å²) in [5, 5.41) is 8.99. The molecular formula is C19H15F3N4O3. The van der Waals surface area contributed by atoms with Crippen molar-refractivity contribution in [1.29, 1.82) is 0 Å². The van der Waals surface area contributed by atoms with Gasteiger partial charge in [-0.25, -0.2) is 4.39 Å². The number of anilines is 1. The summed E-state index contributed by atoms with van der Waals surface area (Å²) in [7, 11) is 1.32. The lowest BCUT2D eigenvalue weighted by Gasteiger charge is -2.10. The second-order valence-corrected chi connectivity index (χ2v) is 5.63. The summed E-state index contributed by atoms with van der Waals surface area (Å²) in [4.78, 5) is 16.2. The Bertz CT molecular complexity index is 1020. The molecule has 1 amide bonds. The Labute approximate surface area is 163 Å². The molecule has 0 atom stereocenters. The fourth-order valence-electron chi connectivity index (χ4n) is 2.36. The number of halogens is 3. The number of methoxy groups -OCH3 is 1. The number of ether oxygens (including phenoxy) is 2. The zero-order valence-electron chi connectivity index (χ0n) is 15.0. The van der Waals surface area contributed by atoms with Gasteiger partial charge < -0.3 is 9.47 Å². The van der Waals surface area contributed by atoms with Gasteiger partial charge in [0.05, 0.1) is 7.11 Å². The fraction of sp³-hybridized carbons (Fsp3) is 0.105. The number of carbonyl (C=O) groups is 1. The highest BCUT2D eigenvalue weighted by Gasteiger charge is 2.11. The molecule has 29 heavy (non-hydrogen) atoms. The summed E-state index contributed by atoms with van der Waals surface area (Å²) >= 11 is 0. The van der Waals surface area contributed by atoms with Crippen molar-refractivity contribution in [1.82, 2.24) is 15.2 Å². The zero-order valence-corrected chi connectivity index (χ0v) is 15.0. The van der Waals surface area contributed by atoms with Crippen LogP contribution in [0.2, 0.25) is 0 Å². The van der Waals surface area contributed by atoms with Crippen LogP contribution in [-0.2, 0) is 4.79 Å². The molecule has 2 N–H and O–H groups in total. The normalized spacial score (nSPS) is 11.1. The molecule has 0 saturated carbocycles. The van der Waals surface area contributed by atoms with Gasteiger partial charge in [-0.15, -0.1) is 5.10 Å². The van der Waals surface area contributed by atoms with E-state index in [0.29, 0.717) is 17.0 Å². The largest absolute Gasteiger partial charge is 0.493 e. The van der Waals surface area contributed by atoms with E-state index in [1.165, 1.54) is 61.7 Å². The van der Waals surface area contributed by atoms with Crippen LogP contribution in [0.5, 0.6) is 11.5 Å². The molecule has 150 valence electrons. The van der Waals surface area contributed by atoms with E-state index < -0.39 is 12.5 Å². The average Bonchev–Trinajstić information content (AvgIpc) is 3.15. The van der Waals surface area contributed by atoms with E-state index in [9.17, 15) is 18.0 Å².